The predicted octanol–water partition coefficient (Wildman–Crippen LogP) is 1.22. The fourth-order valence-electron chi connectivity index (χ4n) is 4.11. The van der Waals surface area contributed by atoms with E-state index in [0.29, 0.717) is 30.4 Å². The van der Waals surface area contributed by atoms with Crippen LogP contribution >= 0.6 is 11.7 Å². The molecule has 3 heterocycles. The van der Waals surface area contributed by atoms with Gasteiger partial charge in [-0.1, -0.05) is 6.07 Å². The van der Waals surface area contributed by atoms with Gasteiger partial charge in [-0.2, -0.15) is 13.1 Å². The summed E-state index contributed by atoms with van der Waals surface area (Å²) in [5.74, 6) is -0.845. The zero-order valence-electron chi connectivity index (χ0n) is 16.8. The minimum absolute atomic E-state index is 0.0798. The minimum atomic E-state index is -3.80. The number of amides is 2. The first kappa shape index (κ1) is 21.1. The fourth-order valence-corrected chi connectivity index (χ4v) is 6.38. The zero-order chi connectivity index (χ0) is 21.3. The van der Waals surface area contributed by atoms with Crippen LogP contribution < -0.4 is 5.32 Å². The molecule has 2 fully saturated rings. The molecule has 2 aliphatic heterocycles. The van der Waals surface area contributed by atoms with Gasteiger partial charge in [-0.3, -0.25) is 9.59 Å². The summed E-state index contributed by atoms with van der Waals surface area (Å²) < 4.78 is 36.1. The average Bonchev–Trinajstić information content (AvgIpc) is 3.44. The van der Waals surface area contributed by atoms with Gasteiger partial charge in [0.15, 0.2) is 0 Å². The molecule has 0 radical (unpaired) electrons. The molecule has 30 heavy (non-hydrogen) atoms. The lowest BCUT2D eigenvalue weighted by molar-refractivity contribution is -0.136. The van der Waals surface area contributed by atoms with Gasteiger partial charge in [0.1, 0.15) is 22.0 Å². The summed E-state index contributed by atoms with van der Waals surface area (Å²) in [6, 6.07) is 4.29. The van der Waals surface area contributed by atoms with E-state index in [4.69, 9.17) is 0 Å². The van der Waals surface area contributed by atoms with E-state index < -0.39 is 22.0 Å². The normalized spacial score (nSPS) is 21.6. The number of nitrogens with one attached hydrogen (secondary N) is 1. The van der Waals surface area contributed by atoms with Gasteiger partial charge in [0.2, 0.25) is 21.8 Å². The van der Waals surface area contributed by atoms with Crippen LogP contribution in [0.4, 0.5) is 0 Å². The number of aromatic nitrogens is 2. The molecule has 2 saturated heterocycles. The Balaban J connectivity index is 1.45. The van der Waals surface area contributed by atoms with Crippen LogP contribution in [-0.4, -0.2) is 70.4 Å². The van der Waals surface area contributed by atoms with Crippen molar-refractivity contribution in [1.29, 1.82) is 0 Å². The highest BCUT2D eigenvalue weighted by atomic mass is 32.2. The number of carbonyl (C=O) groups excluding carboxylic acids is 2. The Labute approximate surface area is 179 Å². The van der Waals surface area contributed by atoms with Crippen molar-refractivity contribution in [2.24, 2.45) is 5.92 Å². The molecule has 162 valence electrons. The minimum Gasteiger partial charge on any atom is -0.344 e. The van der Waals surface area contributed by atoms with Crippen molar-refractivity contribution in [2.75, 3.05) is 26.2 Å². The largest absolute Gasteiger partial charge is 0.344 e. The first-order valence-electron chi connectivity index (χ1n) is 10.2. The summed E-state index contributed by atoms with van der Waals surface area (Å²) in [6.07, 6.45) is 3.15. The maximum Gasteiger partial charge on any atom is 0.245 e. The molecule has 0 aliphatic carbocycles. The van der Waals surface area contributed by atoms with E-state index in [1.807, 2.05) is 0 Å². The number of fused-ring (bicyclic) bond motifs is 1. The summed E-state index contributed by atoms with van der Waals surface area (Å²) in [5, 5.41) is 2.79. The van der Waals surface area contributed by atoms with Crippen LogP contribution in [-0.2, 0) is 19.6 Å². The molecule has 4 rings (SSSR count). The van der Waals surface area contributed by atoms with E-state index in [-0.39, 0.29) is 23.3 Å². The Bertz CT molecular complexity index is 1050. The van der Waals surface area contributed by atoms with Crippen molar-refractivity contribution in [3.05, 3.63) is 18.2 Å². The standard InChI is InChI=1S/C19H25N5O4S2/c1-13(19(26)23-9-2-3-10-23)20-18(25)14-6-5-11-24(12-14)30(27,28)16-8-4-7-15-17(16)22-29-21-15/h4,7-8,13-14H,2-3,5-6,9-12H2,1H3,(H,20,25). The smallest absolute Gasteiger partial charge is 0.245 e. The molecule has 11 heteroatoms. The van der Waals surface area contributed by atoms with Crippen molar-refractivity contribution >= 4 is 44.6 Å². The van der Waals surface area contributed by atoms with E-state index in [9.17, 15) is 18.0 Å². The highest BCUT2D eigenvalue weighted by Crippen LogP contribution is 2.28. The van der Waals surface area contributed by atoms with Crippen LogP contribution in [0, 0.1) is 5.92 Å². The van der Waals surface area contributed by atoms with Crippen molar-refractivity contribution in [3.8, 4) is 0 Å². The number of hydrogen-bond donors (Lipinski definition) is 1. The Morgan fingerprint density at radius 3 is 2.70 bits per heavy atom. The van der Waals surface area contributed by atoms with Gasteiger partial charge < -0.3 is 10.2 Å². The summed E-state index contributed by atoms with van der Waals surface area (Å²) in [4.78, 5) is 27.1. The molecular weight excluding hydrogens is 426 g/mol. The molecular formula is C19H25N5O4S2. The van der Waals surface area contributed by atoms with E-state index in [1.54, 1.807) is 24.0 Å². The third kappa shape index (κ3) is 4.06. The van der Waals surface area contributed by atoms with Gasteiger partial charge in [0.25, 0.3) is 0 Å². The third-order valence-corrected chi connectivity index (χ3v) is 8.21. The van der Waals surface area contributed by atoms with Gasteiger partial charge in [-0.25, -0.2) is 8.42 Å². The second kappa shape index (κ2) is 8.56. The van der Waals surface area contributed by atoms with Crippen molar-refractivity contribution in [3.63, 3.8) is 0 Å². The van der Waals surface area contributed by atoms with Crippen LogP contribution in [0.25, 0.3) is 11.0 Å². The Morgan fingerprint density at radius 2 is 1.93 bits per heavy atom. The molecule has 0 bridgehead atoms. The van der Waals surface area contributed by atoms with Crippen LogP contribution in [0.2, 0.25) is 0 Å². The molecule has 2 aromatic rings. The number of nitrogens with zero attached hydrogens (tertiary/aromatic N) is 4. The van der Waals surface area contributed by atoms with Crippen LogP contribution in [0.5, 0.6) is 0 Å². The molecule has 1 aromatic carbocycles. The number of rotatable bonds is 5. The molecule has 2 atom stereocenters. The number of sulfonamides is 1. The quantitative estimate of drug-likeness (QED) is 0.731. The molecule has 1 aromatic heterocycles. The maximum atomic E-state index is 13.2. The molecule has 2 unspecified atom stereocenters. The molecule has 1 N–H and O–H groups in total. The van der Waals surface area contributed by atoms with Gasteiger partial charge >= 0.3 is 0 Å². The molecule has 2 amide bonds. The van der Waals surface area contributed by atoms with Crippen LogP contribution in [0.15, 0.2) is 23.1 Å². The first-order valence-corrected chi connectivity index (χ1v) is 12.4. The van der Waals surface area contributed by atoms with Gasteiger partial charge in [0, 0.05) is 26.2 Å². The molecule has 0 saturated carbocycles. The monoisotopic (exact) mass is 451 g/mol. The molecule has 9 nitrogen and oxygen atoms in total. The van der Waals surface area contributed by atoms with Gasteiger partial charge in [0.05, 0.1) is 17.6 Å². The summed E-state index contributed by atoms with van der Waals surface area (Å²) in [7, 11) is -3.80. The first-order chi connectivity index (χ1) is 14.4. The number of likely N-dealkylation sites (tertiary alicyclic amines) is 1. The average molecular weight is 452 g/mol. The van der Waals surface area contributed by atoms with Crippen molar-refractivity contribution < 1.29 is 18.0 Å². The molecule has 2 aliphatic rings. The number of piperidine rings is 1. The number of hydrogen-bond acceptors (Lipinski definition) is 7. The van der Waals surface area contributed by atoms with Gasteiger partial charge in [-0.05, 0) is 44.7 Å². The lowest BCUT2D eigenvalue weighted by Gasteiger charge is -2.32. The second-order valence-corrected chi connectivity index (χ2v) is 10.3. The second-order valence-electron chi connectivity index (χ2n) is 7.85. The number of benzene rings is 1. The maximum absolute atomic E-state index is 13.2. The van der Waals surface area contributed by atoms with Crippen molar-refractivity contribution in [1.82, 2.24) is 23.3 Å². The lowest BCUT2D eigenvalue weighted by atomic mass is 9.98. The van der Waals surface area contributed by atoms with E-state index in [0.717, 1.165) is 37.7 Å². The zero-order valence-corrected chi connectivity index (χ0v) is 18.4. The summed E-state index contributed by atoms with van der Waals surface area (Å²) in [6.45, 7) is 3.58. The van der Waals surface area contributed by atoms with Crippen molar-refractivity contribution in [2.45, 2.75) is 43.5 Å². The van der Waals surface area contributed by atoms with Crippen LogP contribution in [0.3, 0.4) is 0 Å². The highest BCUT2D eigenvalue weighted by Gasteiger charge is 2.35. The Morgan fingerprint density at radius 1 is 1.17 bits per heavy atom. The highest BCUT2D eigenvalue weighted by molar-refractivity contribution is 7.89. The summed E-state index contributed by atoms with van der Waals surface area (Å²) >= 11 is 0.972. The fraction of sp³-hybridized carbons (Fsp3) is 0.579. The number of carbonyl (C=O) groups is 2. The SMILES string of the molecule is CC(NC(=O)C1CCCN(S(=O)(=O)c2cccc3nsnc23)C1)C(=O)N1CCCC1. The Kier molecular flexibility index (Phi) is 6.03. The third-order valence-electron chi connectivity index (χ3n) is 5.77. The summed E-state index contributed by atoms with van der Waals surface area (Å²) in [5.41, 5.74) is 0.903. The lowest BCUT2D eigenvalue weighted by Crippen LogP contribution is -2.51. The predicted molar refractivity (Wildman–Crippen MR) is 112 cm³/mol. The van der Waals surface area contributed by atoms with Crippen LogP contribution in [0.1, 0.15) is 32.6 Å². The van der Waals surface area contributed by atoms with E-state index in [1.165, 1.54) is 10.4 Å². The Hall–Kier alpha value is -2.11. The topological polar surface area (TPSA) is 113 Å². The van der Waals surface area contributed by atoms with E-state index >= 15 is 0 Å². The van der Waals surface area contributed by atoms with Gasteiger partial charge in [-0.15, -0.1) is 0 Å². The molecule has 0 spiro atoms. The van der Waals surface area contributed by atoms with E-state index in [2.05, 4.69) is 14.1 Å².